The van der Waals surface area contributed by atoms with E-state index in [2.05, 4.69) is 15.2 Å². The summed E-state index contributed by atoms with van der Waals surface area (Å²) in [6.07, 6.45) is 3.12. The minimum absolute atomic E-state index is 0.113. The van der Waals surface area contributed by atoms with Crippen LogP contribution in [0.3, 0.4) is 0 Å². The third-order valence-corrected chi connectivity index (χ3v) is 3.95. The first-order chi connectivity index (χ1) is 11.3. The highest BCUT2D eigenvalue weighted by Crippen LogP contribution is 2.28. The van der Waals surface area contributed by atoms with E-state index in [9.17, 15) is 4.79 Å². The zero-order valence-corrected chi connectivity index (χ0v) is 12.5. The van der Waals surface area contributed by atoms with Gasteiger partial charge in [-0.1, -0.05) is 23.5 Å². The summed E-state index contributed by atoms with van der Waals surface area (Å²) < 4.78 is 10.9. The lowest BCUT2D eigenvalue weighted by molar-refractivity contribution is 0.560. The summed E-state index contributed by atoms with van der Waals surface area (Å²) in [7, 11) is 0. The maximum atomic E-state index is 12.1. The molecule has 0 aliphatic heterocycles. The summed E-state index contributed by atoms with van der Waals surface area (Å²) in [6, 6.07) is 12.1. The minimum atomic E-state index is -0.113. The Balaban J connectivity index is 1.70. The van der Waals surface area contributed by atoms with Gasteiger partial charge in [0, 0.05) is 6.07 Å². The van der Waals surface area contributed by atoms with Gasteiger partial charge in [-0.05, 0) is 24.3 Å². The lowest BCUT2D eigenvalue weighted by Gasteiger charge is -1.98. The standard InChI is InChI=1S/C16H9N3O3S/c20-12-8-14(22-13-6-2-1-5-11(12)13)15-18-19-16(23-15)17-9-10-4-3-7-21-10/h1-9H/b17-9-. The number of hydrogen-bond donors (Lipinski definition) is 0. The van der Waals surface area contributed by atoms with Crippen molar-refractivity contribution in [3.05, 3.63) is 64.7 Å². The largest absolute Gasteiger partial charge is 0.463 e. The minimum Gasteiger partial charge on any atom is -0.463 e. The topological polar surface area (TPSA) is 81.5 Å². The molecule has 0 fully saturated rings. The molecule has 0 aliphatic carbocycles. The molecular formula is C16H9N3O3S. The van der Waals surface area contributed by atoms with Crippen molar-refractivity contribution in [2.24, 2.45) is 4.99 Å². The lowest BCUT2D eigenvalue weighted by Crippen LogP contribution is -1.99. The van der Waals surface area contributed by atoms with Gasteiger partial charge >= 0.3 is 0 Å². The zero-order valence-electron chi connectivity index (χ0n) is 11.7. The van der Waals surface area contributed by atoms with Gasteiger partial charge in [0.2, 0.25) is 5.13 Å². The maximum Gasteiger partial charge on any atom is 0.232 e. The third-order valence-electron chi connectivity index (χ3n) is 3.11. The number of benzene rings is 1. The molecule has 1 aromatic carbocycles. The van der Waals surface area contributed by atoms with Gasteiger partial charge in [0.1, 0.15) is 11.3 Å². The second kappa shape index (κ2) is 5.62. The van der Waals surface area contributed by atoms with Crippen LogP contribution >= 0.6 is 11.3 Å². The van der Waals surface area contributed by atoms with Crippen LogP contribution in [0.5, 0.6) is 0 Å². The van der Waals surface area contributed by atoms with E-state index in [0.29, 0.717) is 32.6 Å². The number of nitrogens with zero attached hydrogens (tertiary/aromatic N) is 3. The molecule has 0 N–H and O–H groups in total. The monoisotopic (exact) mass is 323 g/mol. The fourth-order valence-corrected chi connectivity index (χ4v) is 2.70. The van der Waals surface area contributed by atoms with Gasteiger partial charge < -0.3 is 8.83 Å². The van der Waals surface area contributed by atoms with Gasteiger partial charge in [-0.3, -0.25) is 4.79 Å². The Labute approximate surface area is 133 Å². The van der Waals surface area contributed by atoms with E-state index in [1.807, 2.05) is 6.07 Å². The van der Waals surface area contributed by atoms with Crippen LogP contribution in [0, 0.1) is 0 Å². The molecule has 0 saturated heterocycles. The summed E-state index contributed by atoms with van der Waals surface area (Å²) in [5.74, 6) is 1.00. The van der Waals surface area contributed by atoms with Crippen LogP contribution in [-0.2, 0) is 0 Å². The summed E-state index contributed by atoms with van der Waals surface area (Å²) in [6.45, 7) is 0. The second-order valence-corrected chi connectivity index (χ2v) is 5.59. The SMILES string of the molecule is O=c1cc(-c2nnc(/N=C\c3ccco3)s2)oc2ccccc12. The fraction of sp³-hybridized carbons (Fsp3) is 0. The molecule has 4 rings (SSSR count). The van der Waals surface area contributed by atoms with Gasteiger partial charge in [0.15, 0.2) is 16.2 Å². The van der Waals surface area contributed by atoms with E-state index in [0.717, 1.165) is 0 Å². The molecule has 0 aliphatic rings. The molecule has 0 spiro atoms. The molecule has 0 saturated carbocycles. The van der Waals surface area contributed by atoms with Crippen LogP contribution in [0.2, 0.25) is 0 Å². The van der Waals surface area contributed by atoms with Crippen molar-refractivity contribution < 1.29 is 8.83 Å². The Morgan fingerprint density at radius 3 is 2.91 bits per heavy atom. The number of fused-ring (bicyclic) bond motifs is 1. The van der Waals surface area contributed by atoms with Crippen molar-refractivity contribution in [2.75, 3.05) is 0 Å². The van der Waals surface area contributed by atoms with Crippen LogP contribution in [0.1, 0.15) is 5.76 Å². The normalized spacial score (nSPS) is 11.5. The first kappa shape index (κ1) is 13.6. The van der Waals surface area contributed by atoms with Crippen molar-refractivity contribution in [1.29, 1.82) is 0 Å². The van der Waals surface area contributed by atoms with Crippen molar-refractivity contribution >= 4 is 33.7 Å². The molecule has 0 amide bonds. The number of aromatic nitrogens is 2. The number of aliphatic imine (C=N–C) groups is 1. The number of para-hydroxylation sites is 1. The van der Waals surface area contributed by atoms with Gasteiger partial charge in [0.05, 0.1) is 17.9 Å². The third kappa shape index (κ3) is 2.69. The summed E-state index contributed by atoms with van der Waals surface area (Å²) in [5.41, 5.74) is 0.406. The quantitative estimate of drug-likeness (QED) is 0.537. The van der Waals surface area contributed by atoms with Crippen LogP contribution in [0.15, 0.2) is 67.3 Å². The fourth-order valence-electron chi connectivity index (χ4n) is 2.06. The summed E-state index contributed by atoms with van der Waals surface area (Å²) >= 11 is 1.23. The Hall–Kier alpha value is -3.06. The molecule has 0 radical (unpaired) electrons. The molecule has 4 aromatic rings. The Bertz CT molecular complexity index is 1050. The van der Waals surface area contributed by atoms with E-state index in [1.165, 1.54) is 17.4 Å². The Kier molecular flexibility index (Phi) is 3.32. The highest BCUT2D eigenvalue weighted by atomic mass is 32.1. The number of rotatable bonds is 3. The van der Waals surface area contributed by atoms with Gasteiger partial charge in [-0.25, -0.2) is 4.99 Å². The predicted octanol–water partition coefficient (Wildman–Crippen LogP) is 3.66. The van der Waals surface area contributed by atoms with E-state index in [4.69, 9.17) is 8.83 Å². The van der Waals surface area contributed by atoms with Gasteiger partial charge in [-0.2, -0.15) is 0 Å². The summed E-state index contributed by atoms with van der Waals surface area (Å²) in [4.78, 5) is 16.3. The average molecular weight is 323 g/mol. The molecule has 6 nitrogen and oxygen atoms in total. The highest BCUT2D eigenvalue weighted by Gasteiger charge is 2.11. The average Bonchev–Trinajstić information content (AvgIpc) is 3.24. The molecule has 7 heteroatoms. The first-order valence-corrected chi connectivity index (χ1v) is 7.55. The predicted molar refractivity (Wildman–Crippen MR) is 87.3 cm³/mol. The van der Waals surface area contributed by atoms with Crippen molar-refractivity contribution in [3.63, 3.8) is 0 Å². The van der Waals surface area contributed by atoms with Crippen molar-refractivity contribution in [2.45, 2.75) is 0 Å². The zero-order chi connectivity index (χ0) is 15.6. The molecule has 0 unspecified atom stereocenters. The molecule has 0 atom stereocenters. The van der Waals surface area contributed by atoms with Crippen molar-refractivity contribution in [3.8, 4) is 10.8 Å². The van der Waals surface area contributed by atoms with E-state index < -0.39 is 0 Å². The van der Waals surface area contributed by atoms with Crippen LogP contribution in [-0.4, -0.2) is 16.4 Å². The molecule has 3 heterocycles. The molecule has 23 heavy (non-hydrogen) atoms. The van der Waals surface area contributed by atoms with E-state index in [-0.39, 0.29) is 5.43 Å². The summed E-state index contributed by atoms with van der Waals surface area (Å²) in [5, 5.41) is 9.48. The van der Waals surface area contributed by atoms with Crippen LogP contribution < -0.4 is 5.43 Å². The Morgan fingerprint density at radius 1 is 1.13 bits per heavy atom. The van der Waals surface area contributed by atoms with Crippen molar-refractivity contribution in [1.82, 2.24) is 10.2 Å². The van der Waals surface area contributed by atoms with E-state index >= 15 is 0 Å². The van der Waals surface area contributed by atoms with E-state index in [1.54, 1.807) is 42.8 Å². The second-order valence-electron chi connectivity index (χ2n) is 4.63. The number of hydrogen-bond acceptors (Lipinski definition) is 7. The Morgan fingerprint density at radius 2 is 2.04 bits per heavy atom. The lowest BCUT2D eigenvalue weighted by atomic mass is 10.2. The first-order valence-electron chi connectivity index (χ1n) is 6.74. The molecule has 3 aromatic heterocycles. The van der Waals surface area contributed by atoms with Gasteiger partial charge in [-0.15, -0.1) is 10.2 Å². The number of furan rings is 1. The van der Waals surface area contributed by atoms with Crippen LogP contribution in [0.25, 0.3) is 21.7 Å². The smallest absolute Gasteiger partial charge is 0.232 e. The maximum absolute atomic E-state index is 12.1. The molecule has 0 bridgehead atoms. The van der Waals surface area contributed by atoms with Gasteiger partial charge in [0.25, 0.3) is 0 Å². The van der Waals surface area contributed by atoms with Crippen LogP contribution in [0.4, 0.5) is 5.13 Å². The molecule has 112 valence electrons. The highest BCUT2D eigenvalue weighted by molar-refractivity contribution is 7.18. The molecular weight excluding hydrogens is 314 g/mol.